The lowest BCUT2D eigenvalue weighted by Crippen LogP contribution is -2.48. The molecule has 2 heterocycles. The lowest BCUT2D eigenvalue weighted by Gasteiger charge is -2.35. The van der Waals surface area contributed by atoms with Crippen LogP contribution in [0.25, 0.3) is 0 Å². The van der Waals surface area contributed by atoms with E-state index in [1.165, 1.54) is 24.3 Å². The van der Waals surface area contributed by atoms with Gasteiger partial charge in [0.05, 0.1) is 12.1 Å². The predicted molar refractivity (Wildman–Crippen MR) is 149 cm³/mol. The minimum absolute atomic E-state index is 0.0395. The molecule has 13 heteroatoms. The Bertz CT molecular complexity index is 1890. The maximum absolute atomic E-state index is 15.9. The van der Waals surface area contributed by atoms with Gasteiger partial charge in [0.2, 0.25) is 0 Å². The number of halogens is 5. The number of alkyl halides is 2. The lowest BCUT2D eigenvalue weighted by atomic mass is 9.84. The number of ether oxygens (including phenoxy) is 1. The van der Waals surface area contributed by atoms with Crippen LogP contribution < -0.4 is 4.74 Å². The SMILES string of the molecule is N#Cc1ccc(COc2ccc(C#Cc3ccc(C(F)(F)C(O)(Cn4cnnn4)c4ccc(Cl)cc4F)nc3)cc2)cc1F. The molecular formula is C31H19ClF4N6O2. The highest BCUT2D eigenvalue weighted by Crippen LogP contribution is 2.46. The number of benzene rings is 3. The van der Waals surface area contributed by atoms with Crippen molar-refractivity contribution >= 4 is 11.6 Å². The minimum Gasteiger partial charge on any atom is -0.489 e. The van der Waals surface area contributed by atoms with Gasteiger partial charge in [0.1, 0.15) is 42.1 Å². The van der Waals surface area contributed by atoms with Crippen LogP contribution in [-0.2, 0) is 24.7 Å². The predicted octanol–water partition coefficient (Wildman–Crippen LogP) is 5.53. The van der Waals surface area contributed by atoms with Gasteiger partial charge in [-0.1, -0.05) is 35.6 Å². The van der Waals surface area contributed by atoms with Gasteiger partial charge in [0.15, 0.2) is 5.60 Å². The minimum atomic E-state index is -4.11. The summed E-state index contributed by atoms with van der Waals surface area (Å²) in [4.78, 5) is 3.83. The molecule has 0 bridgehead atoms. The molecule has 0 radical (unpaired) electrons. The van der Waals surface area contributed by atoms with Crippen molar-refractivity contribution in [2.24, 2.45) is 0 Å². The molecule has 0 amide bonds. The highest BCUT2D eigenvalue weighted by Gasteiger charge is 2.57. The molecule has 2 aromatic heterocycles. The third-order valence-corrected chi connectivity index (χ3v) is 6.76. The lowest BCUT2D eigenvalue weighted by molar-refractivity contribution is -0.207. The van der Waals surface area contributed by atoms with Gasteiger partial charge >= 0.3 is 5.92 Å². The Kier molecular flexibility index (Phi) is 8.58. The Morgan fingerprint density at radius 1 is 0.932 bits per heavy atom. The Balaban J connectivity index is 1.31. The van der Waals surface area contributed by atoms with Crippen LogP contribution in [0, 0.1) is 34.8 Å². The van der Waals surface area contributed by atoms with Crippen LogP contribution >= 0.6 is 11.6 Å². The number of pyridine rings is 1. The summed E-state index contributed by atoms with van der Waals surface area (Å²) in [6.45, 7) is -0.801. The van der Waals surface area contributed by atoms with E-state index in [1.54, 1.807) is 36.4 Å². The molecule has 0 spiro atoms. The highest BCUT2D eigenvalue weighted by atomic mass is 35.5. The zero-order chi connectivity index (χ0) is 31.3. The summed E-state index contributed by atoms with van der Waals surface area (Å²) >= 11 is 5.79. The van der Waals surface area contributed by atoms with Crippen molar-refractivity contribution in [1.82, 2.24) is 25.2 Å². The second-order valence-electron chi connectivity index (χ2n) is 9.49. The van der Waals surface area contributed by atoms with E-state index in [4.69, 9.17) is 21.6 Å². The van der Waals surface area contributed by atoms with Crippen LogP contribution in [0.15, 0.2) is 85.3 Å². The molecule has 44 heavy (non-hydrogen) atoms. The van der Waals surface area contributed by atoms with Crippen LogP contribution in [0.2, 0.25) is 5.02 Å². The second kappa shape index (κ2) is 12.5. The molecule has 1 unspecified atom stereocenters. The van der Waals surface area contributed by atoms with Gasteiger partial charge in [-0.05, 0) is 76.7 Å². The number of tetrazole rings is 1. The first kappa shape index (κ1) is 30.2. The Labute approximate surface area is 253 Å². The molecule has 220 valence electrons. The molecule has 0 saturated heterocycles. The quantitative estimate of drug-likeness (QED) is 0.180. The Morgan fingerprint density at radius 2 is 1.68 bits per heavy atom. The normalized spacial score (nSPS) is 12.5. The highest BCUT2D eigenvalue weighted by molar-refractivity contribution is 6.30. The van der Waals surface area contributed by atoms with Crippen molar-refractivity contribution in [2.75, 3.05) is 0 Å². The van der Waals surface area contributed by atoms with Crippen molar-refractivity contribution in [3.05, 3.63) is 135 Å². The van der Waals surface area contributed by atoms with Gasteiger partial charge in [0.25, 0.3) is 0 Å². The monoisotopic (exact) mass is 618 g/mol. The first-order valence-electron chi connectivity index (χ1n) is 12.8. The third-order valence-electron chi connectivity index (χ3n) is 6.53. The van der Waals surface area contributed by atoms with E-state index in [-0.39, 0.29) is 17.2 Å². The molecule has 1 N–H and O–H groups in total. The van der Waals surface area contributed by atoms with Gasteiger partial charge in [-0.15, -0.1) is 5.10 Å². The summed E-state index contributed by atoms with van der Waals surface area (Å²) < 4.78 is 67.0. The Morgan fingerprint density at radius 3 is 2.32 bits per heavy atom. The molecule has 3 aromatic carbocycles. The van der Waals surface area contributed by atoms with Crippen LogP contribution in [0.1, 0.15) is 33.5 Å². The summed E-state index contributed by atoms with van der Waals surface area (Å²) in [6, 6.07) is 17.9. The van der Waals surface area contributed by atoms with Crippen molar-refractivity contribution in [2.45, 2.75) is 24.7 Å². The van der Waals surface area contributed by atoms with Crippen LogP contribution in [-0.4, -0.2) is 30.3 Å². The van der Waals surface area contributed by atoms with Gasteiger partial charge in [-0.2, -0.15) is 14.0 Å². The van der Waals surface area contributed by atoms with E-state index in [9.17, 15) is 13.9 Å². The molecule has 0 aliphatic carbocycles. The van der Waals surface area contributed by atoms with E-state index in [2.05, 4.69) is 32.4 Å². The van der Waals surface area contributed by atoms with E-state index in [0.717, 1.165) is 35.4 Å². The van der Waals surface area contributed by atoms with E-state index in [0.29, 0.717) is 22.4 Å². The number of nitriles is 1. The third kappa shape index (κ3) is 6.37. The van der Waals surface area contributed by atoms with Crippen molar-refractivity contribution in [1.29, 1.82) is 5.26 Å². The van der Waals surface area contributed by atoms with Gasteiger partial charge in [0, 0.05) is 27.9 Å². The molecule has 5 rings (SSSR count). The van der Waals surface area contributed by atoms with Crippen molar-refractivity contribution in [3.63, 3.8) is 0 Å². The van der Waals surface area contributed by atoms with Crippen LogP contribution in [0.3, 0.4) is 0 Å². The molecular weight excluding hydrogens is 600 g/mol. The molecule has 0 saturated carbocycles. The van der Waals surface area contributed by atoms with Crippen molar-refractivity contribution in [3.8, 4) is 23.7 Å². The fraction of sp³-hybridized carbons (Fsp3) is 0.129. The first-order valence-corrected chi connectivity index (χ1v) is 13.1. The summed E-state index contributed by atoms with van der Waals surface area (Å²) in [5.74, 6) is 0.331. The maximum atomic E-state index is 15.9. The number of aliphatic hydroxyl groups is 1. The zero-order valence-electron chi connectivity index (χ0n) is 22.4. The topological polar surface area (TPSA) is 110 Å². The van der Waals surface area contributed by atoms with Crippen molar-refractivity contribution < 1.29 is 27.4 Å². The molecule has 0 aliphatic heterocycles. The summed E-state index contributed by atoms with van der Waals surface area (Å²) in [6.07, 6.45) is 2.12. The summed E-state index contributed by atoms with van der Waals surface area (Å²) in [7, 11) is 0. The van der Waals surface area contributed by atoms with Crippen LogP contribution in [0.4, 0.5) is 17.6 Å². The molecule has 0 aliphatic rings. The largest absolute Gasteiger partial charge is 0.489 e. The number of nitrogens with zero attached hydrogens (tertiary/aromatic N) is 6. The zero-order valence-corrected chi connectivity index (χ0v) is 23.2. The number of rotatable bonds is 8. The smallest absolute Gasteiger partial charge is 0.323 e. The Hall–Kier alpha value is -5.30. The summed E-state index contributed by atoms with van der Waals surface area (Å²) in [5, 5.41) is 30.4. The number of hydrogen-bond donors (Lipinski definition) is 1. The molecule has 5 aromatic rings. The van der Waals surface area contributed by atoms with Crippen LogP contribution in [0.5, 0.6) is 5.75 Å². The molecule has 8 nitrogen and oxygen atoms in total. The summed E-state index contributed by atoms with van der Waals surface area (Å²) in [5.41, 5.74) is -3.30. The fourth-order valence-corrected chi connectivity index (χ4v) is 4.37. The average Bonchev–Trinajstić information content (AvgIpc) is 3.52. The number of hydrogen-bond acceptors (Lipinski definition) is 7. The molecule has 1 atom stereocenters. The average molecular weight is 619 g/mol. The molecule has 0 fully saturated rings. The van der Waals surface area contributed by atoms with E-state index in [1.807, 2.05) is 0 Å². The first-order chi connectivity index (χ1) is 21.1. The van der Waals surface area contributed by atoms with Gasteiger partial charge in [-0.3, -0.25) is 4.98 Å². The second-order valence-corrected chi connectivity index (χ2v) is 9.92. The van der Waals surface area contributed by atoms with Gasteiger partial charge in [-0.25, -0.2) is 13.5 Å². The van der Waals surface area contributed by atoms with E-state index >= 15 is 8.78 Å². The van der Waals surface area contributed by atoms with Gasteiger partial charge < -0.3 is 9.84 Å². The standard InChI is InChI=1S/C31H19ClF4N6O2/c32-24-8-11-26(28(34)14-24)30(43,18-42-19-39-40-41-42)31(35,36)29-12-6-21(16-38-29)2-1-20-4-9-25(10-5-20)44-17-22-3-7-23(15-37)27(33)13-22/h3-14,16,19,43H,17-18H2. The fourth-order valence-electron chi connectivity index (χ4n) is 4.22. The number of aromatic nitrogens is 5. The maximum Gasteiger partial charge on any atom is 0.323 e. The van der Waals surface area contributed by atoms with E-state index < -0.39 is 41.0 Å².